The van der Waals surface area contributed by atoms with E-state index < -0.39 is 52.0 Å². The van der Waals surface area contributed by atoms with E-state index in [2.05, 4.69) is 4.98 Å². The lowest BCUT2D eigenvalue weighted by atomic mass is 10.1. The Kier molecular flexibility index (Phi) is 6.24. The molecule has 0 bridgehead atoms. The molecule has 1 saturated heterocycles. The zero-order valence-corrected chi connectivity index (χ0v) is 15.1. The normalized spacial score (nSPS) is 24.7. The van der Waals surface area contributed by atoms with Gasteiger partial charge in [-0.05, 0) is 0 Å². The van der Waals surface area contributed by atoms with Crippen molar-refractivity contribution >= 4 is 29.7 Å². The van der Waals surface area contributed by atoms with E-state index in [1.54, 1.807) is 0 Å². The highest BCUT2D eigenvalue weighted by molar-refractivity contribution is 8.00. The average molecular weight is 386 g/mol. The number of ether oxygens (including phenoxy) is 3. The van der Waals surface area contributed by atoms with Crippen LogP contribution in [-0.2, 0) is 28.6 Å². The van der Waals surface area contributed by atoms with Crippen molar-refractivity contribution in [3.63, 3.8) is 0 Å². The van der Waals surface area contributed by atoms with E-state index in [0.29, 0.717) is 0 Å². The molecule has 0 spiro atoms. The van der Waals surface area contributed by atoms with E-state index >= 15 is 0 Å². The number of esters is 3. The second kappa shape index (κ2) is 8.21. The molecule has 142 valence electrons. The minimum absolute atomic E-state index is 0.107. The Bertz CT molecular complexity index is 816. The Morgan fingerprint density at radius 1 is 1.08 bits per heavy atom. The van der Waals surface area contributed by atoms with Crippen molar-refractivity contribution in [2.75, 3.05) is 6.61 Å². The molecule has 1 aromatic rings. The van der Waals surface area contributed by atoms with Gasteiger partial charge in [0.05, 0.1) is 5.25 Å². The Balaban J connectivity index is 2.41. The van der Waals surface area contributed by atoms with Gasteiger partial charge in [-0.15, -0.1) is 11.8 Å². The maximum Gasteiger partial charge on any atom is 0.329 e. The molecule has 1 aliphatic rings. The first-order chi connectivity index (χ1) is 12.2. The number of hydrogen-bond acceptors (Lipinski definition) is 9. The summed E-state index contributed by atoms with van der Waals surface area (Å²) in [5, 5.41) is -1.36. The van der Waals surface area contributed by atoms with Crippen molar-refractivity contribution < 1.29 is 28.6 Å². The molecule has 1 fully saturated rings. The number of H-pyrrole nitrogens is 1. The smallest absolute Gasteiger partial charge is 0.329 e. The van der Waals surface area contributed by atoms with Crippen LogP contribution in [0.25, 0.3) is 0 Å². The summed E-state index contributed by atoms with van der Waals surface area (Å²) >= 11 is 1.14. The first-order valence-electron chi connectivity index (χ1n) is 7.63. The molecule has 0 aliphatic carbocycles. The van der Waals surface area contributed by atoms with E-state index in [9.17, 15) is 24.0 Å². The molecule has 10 nitrogen and oxygen atoms in total. The third-order valence-electron chi connectivity index (χ3n) is 3.47. The van der Waals surface area contributed by atoms with Gasteiger partial charge in [0.2, 0.25) is 0 Å². The molecule has 2 rings (SSSR count). The van der Waals surface area contributed by atoms with Crippen molar-refractivity contribution in [2.45, 2.75) is 43.6 Å². The maximum atomic E-state index is 12.1. The minimum Gasteiger partial charge on any atom is -0.465 e. The molecular formula is C15H18N2O8S. The standard InChI is InChI=1S/C15H18N2O8S/c1-7(18)23-6-10-12(24-8(2)19)13(25-9(3)20)14(26-10)17-5-4-11(21)16-15(17)22/h4-5,10,12-14H,6H2,1-3H3,(H,16,21,22)/t10-,12-,13-,14-/m1/s1. The molecule has 26 heavy (non-hydrogen) atoms. The average Bonchev–Trinajstić information content (AvgIpc) is 2.82. The van der Waals surface area contributed by atoms with Gasteiger partial charge in [0.15, 0.2) is 12.2 Å². The molecule has 1 aromatic heterocycles. The van der Waals surface area contributed by atoms with Crippen LogP contribution in [0.15, 0.2) is 21.9 Å². The quantitative estimate of drug-likeness (QED) is 0.529. The number of thioether (sulfide) groups is 1. The van der Waals surface area contributed by atoms with Crippen LogP contribution in [0.1, 0.15) is 26.1 Å². The number of aromatic amines is 1. The highest BCUT2D eigenvalue weighted by atomic mass is 32.2. The van der Waals surface area contributed by atoms with Crippen molar-refractivity contribution in [1.82, 2.24) is 9.55 Å². The molecule has 1 aliphatic heterocycles. The molecule has 0 saturated carbocycles. The van der Waals surface area contributed by atoms with Crippen molar-refractivity contribution in [3.8, 4) is 0 Å². The van der Waals surface area contributed by atoms with Crippen LogP contribution in [0.3, 0.4) is 0 Å². The summed E-state index contributed by atoms with van der Waals surface area (Å²) in [6.45, 7) is 3.50. The van der Waals surface area contributed by atoms with E-state index in [-0.39, 0.29) is 6.61 Å². The summed E-state index contributed by atoms with van der Waals surface area (Å²) in [5.74, 6) is -1.78. The van der Waals surface area contributed by atoms with Crippen LogP contribution in [0.5, 0.6) is 0 Å². The first kappa shape index (κ1) is 19.8. The first-order valence-corrected chi connectivity index (χ1v) is 8.58. The number of carbonyl (C=O) groups is 3. The van der Waals surface area contributed by atoms with Crippen LogP contribution >= 0.6 is 11.8 Å². The fourth-order valence-electron chi connectivity index (χ4n) is 2.54. The predicted molar refractivity (Wildman–Crippen MR) is 89.5 cm³/mol. The number of aromatic nitrogens is 2. The van der Waals surface area contributed by atoms with E-state index in [1.165, 1.54) is 31.5 Å². The number of nitrogens with zero attached hydrogens (tertiary/aromatic N) is 1. The van der Waals surface area contributed by atoms with Gasteiger partial charge in [0, 0.05) is 33.0 Å². The number of nitrogens with one attached hydrogen (secondary N) is 1. The predicted octanol–water partition coefficient (Wildman–Crippen LogP) is -0.423. The van der Waals surface area contributed by atoms with Gasteiger partial charge in [-0.3, -0.25) is 28.7 Å². The van der Waals surface area contributed by atoms with E-state index in [1.807, 2.05) is 0 Å². The Hall–Kier alpha value is -2.56. The largest absolute Gasteiger partial charge is 0.465 e. The molecule has 11 heteroatoms. The lowest BCUT2D eigenvalue weighted by Crippen LogP contribution is -2.42. The topological polar surface area (TPSA) is 134 Å². The lowest BCUT2D eigenvalue weighted by molar-refractivity contribution is -0.166. The molecule has 0 aromatic carbocycles. The fraction of sp³-hybridized carbons (Fsp3) is 0.533. The van der Waals surface area contributed by atoms with Crippen LogP contribution < -0.4 is 11.2 Å². The lowest BCUT2D eigenvalue weighted by Gasteiger charge is -2.25. The molecule has 0 radical (unpaired) electrons. The highest BCUT2D eigenvalue weighted by Gasteiger charge is 2.50. The zero-order valence-electron chi connectivity index (χ0n) is 14.3. The fourth-order valence-corrected chi connectivity index (χ4v) is 4.08. The van der Waals surface area contributed by atoms with Gasteiger partial charge in [-0.1, -0.05) is 0 Å². The summed E-state index contributed by atoms with van der Waals surface area (Å²) in [4.78, 5) is 59.6. The summed E-state index contributed by atoms with van der Waals surface area (Å²) in [7, 11) is 0. The van der Waals surface area contributed by atoms with E-state index in [4.69, 9.17) is 14.2 Å². The van der Waals surface area contributed by atoms with Crippen molar-refractivity contribution in [1.29, 1.82) is 0 Å². The second-order valence-corrected chi connectivity index (χ2v) is 6.89. The zero-order chi connectivity index (χ0) is 19.4. The summed E-state index contributed by atoms with van der Waals surface area (Å²) in [6.07, 6.45) is -0.691. The SMILES string of the molecule is CC(=O)OC[C@H]1S[C@@H](n2ccc(=O)[nH]c2=O)[C@H](OC(C)=O)[C@@H]1OC(C)=O. The molecule has 1 N–H and O–H groups in total. The molecule has 0 amide bonds. The summed E-state index contributed by atoms with van der Waals surface area (Å²) < 4.78 is 16.7. The van der Waals surface area contributed by atoms with E-state index in [0.717, 1.165) is 17.8 Å². The van der Waals surface area contributed by atoms with Gasteiger partial charge < -0.3 is 14.2 Å². The van der Waals surface area contributed by atoms with Crippen molar-refractivity contribution in [2.24, 2.45) is 0 Å². The van der Waals surface area contributed by atoms with Gasteiger partial charge in [-0.2, -0.15) is 0 Å². The Morgan fingerprint density at radius 2 is 1.69 bits per heavy atom. The van der Waals surface area contributed by atoms with Crippen LogP contribution in [0, 0.1) is 0 Å². The van der Waals surface area contributed by atoms with Gasteiger partial charge in [-0.25, -0.2) is 4.79 Å². The van der Waals surface area contributed by atoms with Crippen molar-refractivity contribution in [3.05, 3.63) is 33.1 Å². The highest BCUT2D eigenvalue weighted by Crippen LogP contribution is 2.44. The maximum absolute atomic E-state index is 12.1. The third-order valence-corrected chi connectivity index (χ3v) is 4.99. The van der Waals surface area contributed by atoms with Crippen LogP contribution in [-0.4, -0.2) is 51.5 Å². The molecule has 4 atom stereocenters. The number of rotatable bonds is 5. The Labute approximate surface area is 151 Å². The summed E-state index contributed by atoms with van der Waals surface area (Å²) in [6, 6.07) is 1.15. The molecular weight excluding hydrogens is 368 g/mol. The minimum atomic E-state index is -1.01. The third kappa shape index (κ3) is 4.75. The second-order valence-electron chi connectivity index (χ2n) is 5.53. The number of carbonyl (C=O) groups excluding carboxylic acids is 3. The number of hydrogen-bond donors (Lipinski definition) is 1. The Morgan fingerprint density at radius 3 is 2.23 bits per heavy atom. The molecule has 0 unspecified atom stereocenters. The monoisotopic (exact) mass is 386 g/mol. The van der Waals surface area contributed by atoms with Gasteiger partial charge >= 0.3 is 23.6 Å². The molecule has 2 heterocycles. The van der Waals surface area contributed by atoms with Gasteiger partial charge in [0.1, 0.15) is 12.0 Å². The van der Waals surface area contributed by atoms with Gasteiger partial charge in [0.25, 0.3) is 5.56 Å². The summed E-state index contributed by atoms with van der Waals surface area (Å²) in [5.41, 5.74) is -1.28. The van der Waals surface area contributed by atoms with Crippen LogP contribution in [0.4, 0.5) is 0 Å². The van der Waals surface area contributed by atoms with Crippen LogP contribution in [0.2, 0.25) is 0 Å².